The van der Waals surface area contributed by atoms with E-state index in [0.29, 0.717) is 18.4 Å². The van der Waals surface area contributed by atoms with Crippen LogP contribution >= 0.6 is 7.82 Å². The summed E-state index contributed by atoms with van der Waals surface area (Å²) in [7, 11) is -4.63. The van der Waals surface area contributed by atoms with Crippen molar-refractivity contribution in [3.63, 3.8) is 0 Å². The minimum Gasteiger partial charge on any atom is -0.507 e. The molecule has 2 aliphatic rings. The Morgan fingerprint density at radius 3 is 2.53 bits per heavy atom. The van der Waals surface area contributed by atoms with E-state index >= 15 is 0 Å². The lowest BCUT2D eigenvalue weighted by atomic mass is 9.73. The zero-order valence-corrected chi connectivity index (χ0v) is 23.2. The van der Waals surface area contributed by atoms with Crippen LogP contribution in [0.4, 0.5) is 0 Å². The molecular formula is C30H37O7P. The first-order valence-electron chi connectivity index (χ1n) is 13.2. The van der Waals surface area contributed by atoms with Crippen molar-refractivity contribution in [3.8, 4) is 17.2 Å². The number of rotatable bonds is 10. The SMILES string of the molecule is C=C(C)[C@@H]1CCC(C)=C[C@H]1c1c(O)cc(CCC)cc1OC(=O)C1(OP(=O)(O)Oc2ccccc2)CCC1. The minimum absolute atomic E-state index is 0.0600. The lowest BCUT2D eigenvalue weighted by Gasteiger charge is -2.39. The second kappa shape index (κ2) is 11.5. The fourth-order valence-corrected chi connectivity index (χ4v) is 6.43. The monoisotopic (exact) mass is 540 g/mol. The first kappa shape index (κ1) is 28.2. The molecule has 0 spiro atoms. The molecule has 1 saturated carbocycles. The quantitative estimate of drug-likeness (QED) is 0.140. The van der Waals surface area contributed by atoms with Gasteiger partial charge in [0.1, 0.15) is 17.2 Å². The molecule has 0 aromatic heterocycles. The van der Waals surface area contributed by atoms with Gasteiger partial charge in [-0.3, -0.25) is 9.42 Å². The van der Waals surface area contributed by atoms with Crippen LogP contribution in [0.5, 0.6) is 17.2 Å². The zero-order chi connectivity index (χ0) is 27.5. The van der Waals surface area contributed by atoms with Crippen molar-refractivity contribution in [1.29, 1.82) is 0 Å². The number of phenols is 1. The fraction of sp³-hybridized carbons (Fsp3) is 0.433. The van der Waals surface area contributed by atoms with Gasteiger partial charge in [-0.05, 0) is 88.1 Å². The van der Waals surface area contributed by atoms with Gasteiger partial charge in [-0.2, -0.15) is 0 Å². The van der Waals surface area contributed by atoms with Gasteiger partial charge in [-0.15, -0.1) is 0 Å². The van der Waals surface area contributed by atoms with Crippen LogP contribution < -0.4 is 9.26 Å². The van der Waals surface area contributed by atoms with E-state index in [1.165, 1.54) is 17.7 Å². The van der Waals surface area contributed by atoms with Crippen LogP contribution in [0.3, 0.4) is 0 Å². The fourth-order valence-electron chi connectivity index (χ4n) is 5.30. The molecule has 38 heavy (non-hydrogen) atoms. The summed E-state index contributed by atoms with van der Waals surface area (Å²) in [5.74, 6) is -0.455. The van der Waals surface area contributed by atoms with Gasteiger partial charge in [0, 0.05) is 11.5 Å². The number of para-hydroxylation sites is 1. The Labute approximate surface area is 224 Å². The van der Waals surface area contributed by atoms with Gasteiger partial charge in [0.15, 0.2) is 5.60 Å². The number of hydrogen-bond acceptors (Lipinski definition) is 6. The van der Waals surface area contributed by atoms with Gasteiger partial charge in [0.25, 0.3) is 0 Å². The van der Waals surface area contributed by atoms with Crippen LogP contribution in [0.1, 0.15) is 76.3 Å². The maximum atomic E-state index is 13.6. The van der Waals surface area contributed by atoms with E-state index in [0.717, 1.165) is 30.4 Å². The standard InChI is InChI=1S/C30H37O7P/c1-5-10-22-18-26(31)28(25-17-21(4)13-14-24(25)20(2)3)27(19-22)35-29(32)30(15-9-16-30)37-38(33,34)36-23-11-7-6-8-12-23/h6-8,11-12,17-19,24-25,31H,2,5,9-10,13-16H2,1,3-4H3,(H,33,34)/t24-,25+/m0/s1. The molecule has 0 aliphatic heterocycles. The average Bonchev–Trinajstić information content (AvgIpc) is 2.81. The molecule has 1 fully saturated rings. The highest BCUT2D eigenvalue weighted by Crippen LogP contribution is 2.54. The number of carbonyl (C=O) groups excluding carboxylic acids is 1. The number of benzene rings is 2. The minimum atomic E-state index is -4.63. The highest BCUT2D eigenvalue weighted by molar-refractivity contribution is 7.47. The number of aromatic hydroxyl groups is 1. The Kier molecular flexibility index (Phi) is 8.51. The number of aryl methyl sites for hydroxylation is 1. The van der Waals surface area contributed by atoms with Gasteiger partial charge in [0.2, 0.25) is 0 Å². The summed E-state index contributed by atoms with van der Waals surface area (Å²) in [4.78, 5) is 24.1. The summed E-state index contributed by atoms with van der Waals surface area (Å²) in [5.41, 5.74) is 1.93. The first-order chi connectivity index (χ1) is 18.0. The number of phenolic OH excluding ortho intramolecular Hbond substituents is 1. The van der Waals surface area contributed by atoms with Crippen molar-refractivity contribution in [2.75, 3.05) is 0 Å². The van der Waals surface area contributed by atoms with E-state index < -0.39 is 19.4 Å². The van der Waals surface area contributed by atoms with E-state index in [9.17, 15) is 19.4 Å². The van der Waals surface area contributed by atoms with Crippen LogP contribution in [-0.4, -0.2) is 21.6 Å². The highest BCUT2D eigenvalue weighted by Gasteiger charge is 2.53. The Balaban J connectivity index is 1.67. The molecule has 4 rings (SSSR count). The summed E-state index contributed by atoms with van der Waals surface area (Å²) in [5, 5.41) is 11.2. The summed E-state index contributed by atoms with van der Waals surface area (Å²) >= 11 is 0. The Bertz CT molecular complexity index is 1260. The smallest absolute Gasteiger partial charge is 0.507 e. The predicted octanol–water partition coefficient (Wildman–Crippen LogP) is 7.38. The molecule has 0 bridgehead atoms. The summed E-state index contributed by atoms with van der Waals surface area (Å²) < 4.78 is 29.5. The number of allylic oxidation sites excluding steroid dienone is 3. The van der Waals surface area contributed by atoms with Crippen LogP contribution in [0.2, 0.25) is 0 Å². The molecule has 2 aromatic carbocycles. The first-order valence-corrected chi connectivity index (χ1v) is 14.7. The molecule has 3 atom stereocenters. The molecular weight excluding hydrogens is 503 g/mol. The van der Waals surface area contributed by atoms with E-state index in [1.807, 2.05) is 13.8 Å². The van der Waals surface area contributed by atoms with Crippen LogP contribution in [0, 0.1) is 5.92 Å². The maximum absolute atomic E-state index is 13.6. The van der Waals surface area contributed by atoms with E-state index in [-0.39, 0.29) is 41.9 Å². The number of phosphoric ester groups is 1. The lowest BCUT2D eigenvalue weighted by Crippen LogP contribution is -2.49. The molecule has 1 unspecified atom stereocenters. The number of carbonyl (C=O) groups is 1. The van der Waals surface area contributed by atoms with Gasteiger partial charge in [0.05, 0.1) is 0 Å². The lowest BCUT2D eigenvalue weighted by molar-refractivity contribution is -0.162. The number of esters is 1. The van der Waals surface area contributed by atoms with Crippen LogP contribution in [0.15, 0.2) is 66.3 Å². The van der Waals surface area contributed by atoms with Crippen molar-refractivity contribution in [1.82, 2.24) is 0 Å². The predicted molar refractivity (Wildman–Crippen MR) is 146 cm³/mol. The van der Waals surface area contributed by atoms with Crippen molar-refractivity contribution < 1.29 is 33.1 Å². The molecule has 0 heterocycles. The molecule has 7 nitrogen and oxygen atoms in total. The summed E-state index contributed by atoms with van der Waals surface area (Å²) in [6.07, 6.45) is 6.55. The Hall–Kier alpha value is -2.86. The molecule has 0 amide bonds. The topological polar surface area (TPSA) is 102 Å². The average molecular weight is 541 g/mol. The van der Waals surface area contributed by atoms with Crippen LogP contribution in [-0.2, 0) is 20.3 Å². The number of hydrogen-bond donors (Lipinski definition) is 2. The van der Waals surface area contributed by atoms with Crippen molar-refractivity contribution in [2.24, 2.45) is 5.92 Å². The Morgan fingerprint density at radius 2 is 1.92 bits per heavy atom. The van der Waals surface area contributed by atoms with E-state index in [4.69, 9.17) is 13.8 Å². The third-order valence-electron chi connectivity index (χ3n) is 7.42. The largest absolute Gasteiger partial charge is 0.528 e. The number of phosphoric acid groups is 1. The molecule has 2 aromatic rings. The third kappa shape index (κ3) is 6.23. The van der Waals surface area contributed by atoms with E-state index in [1.54, 1.807) is 30.3 Å². The second-order valence-corrected chi connectivity index (χ2v) is 11.8. The maximum Gasteiger partial charge on any atom is 0.528 e. The zero-order valence-electron chi connectivity index (χ0n) is 22.3. The molecule has 204 valence electrons. The molecule has 2 aliphatic carbocycles. The molecule has 2 N–H and O–H groups in total. The summed E-state index contributed by atoms with van der Waals surface area (Å²) in [6, 6.07) is 11.7. The van der Waals surface area contributed by atoms with Gasteiger partial charge in [-0.25, -0.2) is 9.36 Å². The number of ether oxygens (including phenoxy) is 1. The Morgan fingerprint density at radius 1 is 1.21 bits per heavy atom. The molecule has 0 radical (unpaired) electrons. The normalized spacial score (nSPS) is 21.9. The highest BCUT2D eigenvalue weighted by atomic mass is 31.2. The van der Waals surface area contributed by atoms with Crippen molar-refractivity contribution >= 4 is 13.8 Å². The summed E-state index contributed by atoms with van der Waals surface area (Å²) in [6.45, 7) is 10.2. The molecule has 0 saturated heterocycles. The molecule has 8 heteroatoms. The van der Waals surface area contributed by atoms with Crippen molar-refractivity contribution in [2.45, 2.75) is 77.2 Å². The van der Waals surface area contributed by atoms with Gasteiger partial charge >= 0.3 is 13.8 Å². The third-order valence-corrected chi connectivity index (χ3v) is 8.44. The van der Waals surface area contributed by atoms with Gasteiger partial charge < -0.3 is 14.4 Å². The van der Waals surface area contributed by atoms with Gasteiger partial charge in [-0.1, -0.05) is 55.3 Å². The van der Waals surface area contributed by atoms with Crippen LogP contribution in [0.25, 0.3) is 0 Å². The van der Waals surface area contributed by atoms with E-state index in [2.05, 4.69) is 19.6 Å². The van der Waals surface area contributed by atoms with Crippen molar-refractivity contribution in [3.05, 3.63) is 77.4 Å². The second-order valence-electron chi connectivity index (χ2n) is 10.5.